The molecule has 2 atom stereocenters. The van der Waals surface area contributed by atoms with Crippen molar-refractivity contribution in [1.82, 2.24) is 0 Å². The summed E-state index contributed by atoms with van der Waals surface area (Å²) in [6, 6.07) is 12.6. The van der Waals surface area contributed by atoms with E-state index in [0.717, 1.165) is 42.5 Å². The minimum Gasteiger partial charge on any atom is -0.504 e. The topological polar surface area (TPSA) is 278 Å². The molecule has 0 radical (unpaired) electrons. The van der Waals surface area contributed by atoms with E-state index in [1.54, 1.807) is 0 Å². The van der Waals surface area contributed by atoms with Crippen molar-refractivity contribution >= 4 is 34.6 Å². The predicted octanol–water partition coefficient (Wildman–Crippen LogP) is 4.26. The van der Waals surface area contributed by atoms with Gasteiger partial charge in [0.25, 0.3) is 0 Å². The van der Waals surface area contributed by atoms with Gasteiger partial charge < -0.3 is 60.2 Å². The summed E-state index contributed by atoms with van der Waals surface area (Å²) in [6.07, 6.45) is -4.97. The smallest absolute Gasteiger partial charge is 0.345 e. The number of fused-ring (bicyclic) bond motifs is 2. The highest BCUT2D eigenvalue weighted by atomic mass is 16.6. The largest absolute Gasteiger partial charge is 0.504 e. The Morgan fingerprint density at radius 1 is 0.577 bits per heavy atom. The van der Waals surface area contributed by atoms with Gasteiger partial charge in [0, 0.05) is 29.4 Å². The van der Waals surface area contributed by atoms with Crippen molar-refractivity contribution in [2.45, 2.75) is 25.0 Å². The fourth-order valence-corrected chi connectivity index (χ4v) is 5.72. The van der Waals surface area contributed by atoms with Crippen LogP contribution in [0.15, 0.2) is 66.7 Å². The minimum absolute atomic E-state index is 0.0224. The number of hydrogen-bond acceptors (Lipinski definition) is 14. The van der Waals surface area contributed by atoms with Crippen molar-refractivity contribution < 1.29 is 79.3 Å². The number of hydrogen-bond donors (Lipinski definition) is 9. The second-order valence-electron chi connectivity index (χ2n) is 11.6. The maximum absolute atomic E-state index is 14.2. The number of phenols is 7. The van der Waals surface area contributed by atoms with Gasteiger partial charge in [-0.3, -0.25) is 0 Å². The first-order valence-electron chi connectivity index (χ1n) is 15.1. The molecule has 1 aliphatic heterocycles. The average Bonchev–Trinajstić information content (AvgIpc) is 3.09. The maximum Gasteiger partial charge on any atom is 0.345 e. The molecule has 0 fully saturated rings. The second kappa shape index (κ2) is 13.2. The van der Waals surface area contributed by atoms with E-state index in [2.05, 4.69) is 0 Å². The van der Waals surface area contributed by atoms with Gasteiger partial charge in [0.1, 0.15) is 0 Å². The van der Waals surface area contributed by atoms with Gasteiger partial charge in [-0.1, -0.05) is 18.2 Å². The van der Waals surface area contributed by atoms with Crippen LogP contribution in [0.3, 0.4) is 0 Å². The van der Waals surface area contributed by atoms with E-state index in [1.165, 1.54) is 24.3 Å². The summed E-state index contributed by atoms with van der Waals surface area (Å²) in [5.41, 5.74) is -1.48. The molecule has 5 aromatic rings. The van der Waals surface area contributed by atoms with E-state index < -0.39 is 106 Å². The van der Waals surface area contributed by atoms with E-state index in [9.17, 15) is 65.1 Å². The van der Waals surface area contributed by atoms with E-state index in [0.29, 0.717) is 0 Å². The van der Waals surface area contributed by atoms with Crippen LogP contribution in [0.5, 0.6) is 51.7 Å². The van der Waals surface area contributed by atoms with Gasteiger partial charge in [0.05, 0.1) is 11.1 Å². The lowest BCUT2D eigenvalue weighted by Crippen LogP contribution is -2.32. The number of carboxylic acid groups (broad SMARTS) is 2. The van der Waals surface area contributed by atoms with Crippen LogP contribution < -0.4 is 4.74 Å². The molecule has 52 heavy (non-hydrogen) atoms. The number of carbonyl (C=O) groups excluding carboxylic acids is 2. The van der Waals surface area contributed by atoms with Crippen LogP contribution in [-0.2, 0) is 31.9 Å². The summed E-state index contributed by atoms with van der Waals surface area (Å²) in [4.78, 5) is 52.8. The third kappa shape index (κ3) is 6.26. The summed E-state index contributed by atoms with van der Waals surface area (Å²) >= 11 is 0. The predicted molar refractivity (Wildman–Crippen MR) is 175 cm³/mol. The molecule has 9 N–H and O–H groups in total. The Kier molecular flexibility index (Phi) is 8.73. The Labute approximate surface area is 290 Å². The van der Waals surface area contributed by atoms with Crippen LogP contribution in [0, 0.1) is 0 Å². The molecule has 16 heteroatoms. The summed E-state index contributed by atoms with van der Waals surface area (Å²) in [5, 5.41) is 90.8. The monoisotopic (exact) mass is 714 g/mol. The summed E-state index contributed by atoms with van der Waals surface area (Å²) in [5.74, 6) is -11.1. The van der Waals surface area contributed by atoms with Gasteiger partial charge in [-0.25, -0.2) is 19.2 Å². The molecule has 0 saturated carbocycles. The van der Waals surface area contributed by atoms with Gasteiger partial charge in [-0.15, -0.1) is 0 Å². The van der Waals surface area contributed by atoms with Crippen LogP contribution in [0.1, 0.15) is 31.8 Å². The normalized spacial score (nSPS) is 12.6. The Morgan fingerprint density at radius 2 is 1.10 bits per heavy atom. The zero-order chi connectivity index (χ0) is 37.6. The molecule has 2 unspecified atom stereocenters. The average molecular weight is 715 g/mol. The second-order valence-corrected chi connectivity index (χ2v) is 11.6. The van der Waals surface area contributed by atoms with Gasteiger partial charge in [0.2, 0.25) is 18.0 Å². The van der Waals surface area contributed by atoms with E-state index in [1.807, 2.05) is 0 Å². The number of esters is 2. The fourth-order valence-electron chi connectivity index (χ4n) is 5.72. The number of aromatic hydroxyl groups is 7. The standard InChI is InChI=1S/C36H26O16/c37-19-5-1-14(9-23(19)41)11-25(33(44)45)50-35(48)18-13-16-3-7-22(40)32-27(16)28(17-4-8-21(39)30(43)31(17)52-32)29(18)36(49)51-26(34(46)47)12-15-2-6-20(38)24(42)10-15/h1-10,13,25-26,37-43H,11-12H2,(H,44,45)(H,46,47). The molecule has 1 aliphatic rings. The number of carboxylic acids is 2. The van der Waals surface area contributed by atoms with Crippen molar-refractivity contribution in [3.8, 4) is 62.9 Å². The highest BCUT2D eigenvalue weighted by molar-refractivity contribution is 6.19. The molecule has 0 aromatic heterocycles. The molecule has 0 bridgehead atoms. The molecule has 266 valence electrons. The fraction of sp³-hybridized carbons (Fsp3) is 0.111. The number of rotatable bonds is 10. The van der Waals surface area contributed by atoms with Crippen molar-refractivity contribution in [1.29, 1.82) is 0 Å². The number of phenolic OH excluding ortho intramolecular Hbond substituents is 7. The zero-order valence-corrected chi connectivity index (χ0v) is 26.3. The van der Waals surface area contributed by atoms with E-state index in [-0.39, 0.29) is 38.8 Å². The maximum atomic E-state index is 14.2. The van der Waals surface area contributed by atoms with E-state index in [4.69, 9.17) is 14.2 Å². The molecule has 16 nitrogen and oxygen atoms in total. The molecule has 5 aromatic carbocycles. The van der Waals surface area contributed by atoms with Crippen molar-refractivity contribution in [2.24, 2.45) is 0 Å². The molecule has 6 rings (SSSR count). The van der Waals surface area contributed by atoms with Crippen molar-refractivity contribution in [2.75, 3.05) is 0 Å². The summed E-state index contributed by atoms with van der Waals surface area (Å²) in [6.45, 7) is 0. The molecule has 0 aliphatic carbocycles. The Morgan fingerprint density at radius 3 is 1.63 bits per heavy atom. The van der Waals surface area contributed by atoms with Crippen LogP contribution >= 0.6 is 0 Å². The zero-order valence-electron chi connectivity index (χ0n) is 26.3. The van der Waals surface area contributed by atoms with Crippen LogP contribution in [-0.4, -0.2) is 82.0 Å². The molecule has 1 heterocycles. The third-order valence-corrected chi connectivity index (χ3v) is 8.22. The molecule has 0 spiro atoms. The summed E-state index contributed by atoms with van der Waals surface area (Å²) < 4.78 is 16.5. The molecule has 0 saturated heterocycles. The lowest BCUT2D eigenvalue weighted by molar-refractivity contribution is -0.147. The van der Waals surface area contributed by atoms with Crippen LogP contribution in [0.25, 0.3) is 21.9 Å². The molecular weight excluding hydrogens is 688 g/mol. The number of benzene rings is 5. The lowest BCUT2D eigenvalue weighted by atomic mass is 9.86. The highest BCUT2D eigenvalue weighted by Crippen LogP contribution is 2.56. The Hall–Kier alpha value is -7.36. The van der Waals surface area contributed by atoms with Gasteiger partial charge in [-0.05, 0) is 65.0 Å². The molecule has 0 amide bonds. The van der Waals surface area contributed by atoms with Crippen LogP contribution in [0.2, 0.25) is 0 Å². The SMILES string of the molecule is O=C(OC(Cc1ccc(O)c(O)c1)C(=O)O)c1cc2ccc(O)c3c2c(c1C(=O)OC(Cc1ccc(O)c(O)c1)C(=O)O)-c1ccc(O)c(O)c1O3. The Bertz CT molecular complexity index is 2330. The first kappa shape index (κ1) is 34.5. The number of carbonyl (C=O) groups is 4. The first-order valence-corrected chi connectivity index (χ1v) is 15.1. The van der Waals surface area contributed by atoms with Gasteiger partial charge >= 0.3 is 23.9 Å². The lowest BCUT2D eigenvalue weighted by Gasteiger charge is -2.26. The van der Waals surface area contributed by atoms with Gasteiger partial charge in [0.15, 0.2) is 46.0 Å². The quantitative estimate of drug-likeness (QED) is 0.0708. The highest BCUT2D eigenvalue weighted by Gasteiger charge is 2.37. The Balaban J connectivity index is 1.52. The van der Waals surface area contributed by atoms with Crippen LogP contribution in [0.4, 0.5) is 0 Å². The molecular formula is C36H26O16. The summed E-state index contributed by atoms with van der Waals surface area (Å²) in [7, 11) is 0. The third-order valence-electron chi connectivity index (χ3n) is 8.22. The first-order chi connectivity index (χ1) is 24.6. The van der Waals surface area contributed by atoms with E-state index >= 15 is 0 Å². The van der Waals surface area contributed by atoms with Crippen molar-refractivity contribution in [3.05, 3.63) is 89.0 Å². The van der Waals surface area contributed by atoms with Crippen molar-refractivity contribution in [3.63, 3.8) is 0 Å². The number of aliphatic carboxylic acids is 2. The van der Waals surface area contributed by atoms with Gasteiger partial charge in [-0.2, -0.15) is 0 Å². The minimum atomic E-state index is -1.98. The number of ether oxygens (including phenoxy) is 3.